The third-order valence-corrected chi connectivity index (χ3v) is 7.58. The van der Waals surface area contributed by atoms with E-state index < -0.39 is 0 Å². The number of amides is 2. The van der Waals surface area contributed by atoms with Crippen molar-refractivity contribution in [3.63, 3.8) is 0 Å². The Kier molecular flexibility index (Phi) is 8.44. The van der Waals surface area contributed by atoms with Crippen molar-refractivity contribution >= 4 is 17.4 Å². The summed E-state index contributed by atoms with van der Waals surface area (Å²) in [6, 6.07) is 1.55. The number of fused-ring (bicyclic) bond motifs is 1. The summed E-state index contributed by atoms with van der Waals surface area (Å²) in [6.45, 7) is 5.81. The van der Waals surface area contributed by atoms with Gasteiger partial charge in [-0.1, -0.05) is 13.0 Å². The quantitative estimate of drug-likeness (QED) is 0.666. The minimum Gasteiger partial charge on any atom is -0.472 e. The molecule has 0 spiro atoms. The smallest absolute Gasteiger partial charge is 0.259 e. The molecule has 2 aliphatic heterocycles. The maximum absolute atomic E-state index is 13.6. The van der Waals surface area contributed by atoms with E-state index in [1.165, 1.54) is 12.0 Å². The van der Waals surface area contributed by atoms with Crippen LogP contribution in [0.5, 0.6) is 5.88 Å². The molecule has 1 fully saturated rings. The first-order chi connectivity index (χ1) is 16.9. The average molecular weight is 486 g/mol. The van der Waals surface area contributed by atoms with E-state index in [0.29, 0.717) is 37.7 Å². The maximum Gasteiger partial charge on any atom is 0.259 e. The van der Waals surface area contributed by atoms with Crippen LogP contribution in [0.25, 0.3) is 5.57 Å². The third kappa shape index (κ3) is 5.86. The zero-order valence-corrected chi connectivity index (χ0v) is 21.2. The predicted octanol–water partition coefficient (Wildman–Crippen LogP) is 3.14. The molecule has 3 heterocycles. The van der Waals surface area contributed by atoms with Crippen LogP contribution in [0.4, 0.5) is 0 Å². The number of allylic oxidation sites excluding steroid dienone is 2. The molecule has 0 unspecified atom stereocenters. The second kappa shape index (κ2) is 11.5. The molecule has 3 atom stereocenters. The molecule has 1 aromatic rings. The largest absolute Gasteiger partial charge is 0.472 e. The first kappa shape index (κ1) is 25.6. The van der Waals surface area contributed by atoms with Gasteiger partial charge in [0.1, 0.15) is 11.7 Å². The number of likely N-dealkylation sites (N-methyl/N-ethyl adjacent to an activating group) is 1. The van der Waals surface area contributed by atoms with Gasteiger partial charge in [0.15, 0.2) is 0 Å². The number of carbonyl (C=O) groups is 2. The Morgan fingerprint density at radius 1 is 1.31 bits per heavy atom. The average Bonchev–Trinajstić information content (AvgIpc) is 2.90. The van der Waals surface area contributed by atoms with Gasteiger partial charge in [-0.2, -0.15) is 0 Å². The topological polar surface area (TPSA) is 92.2 Å². The van der Waals surface area contributed by atoms with Crippen molar-refractivity contribution in [3.05, 3.63) is 29.5 Å². The Morgan fingerprint density at radius 3 is 2.77 bits per heavy atom. The van der Waals surface area contributed by atoms with E-state index in [9.17, 15) is 14.7 Å². The summed E-state index contributed by atoms with van der Waals surface area (Å²) in [4.78, 5) is 34.8. The van der Waals surface area contributed by atoms with E-state index >= 15 is 0 Å². The number of hydrogen-bond acceptors (Lipinski definition) is 6. The maximum atomic E-state index is 13.6. The molecule has 4 rings (SSSR count). The molecule has 2 amide bonds. The Balaban J connectivity index is 1.62. The van der Waals surface area contributed by atoms with Crippen molar-refractivity contribution in [3.8, 4) is 5.88 Å². The predicted molar refractivity (Wildman–Crippen MR) is 133 cm³/mol. The molecule has 3 aliphatic rings. The molecule has 0 radical (unpaired) electrons. The summed E-state index contributed by atoms with van der Waals surface area (Å²) in [6.07, 6.45) is 9.51. The van der Waals surface area contributed by atoms with E-state index in [1.807, 2.05) is 27.0 Å². The highest BCUT2D eigenvalue weighted by atomic mass is 16.5. The van der Waals surface area contributed by atoms with Crippen molar-refractivity contribution in [2.45, 2.75) is 64.5 Å². The van der Waals surface area contributed by atoms with E-state index in [4.69, 9.17) is 9.47 Å². The van der Waals surface area contributed by atoms with E-state index in [2.05, 4.69) is 11.1 Å². The molecule has 8 heteroatoms. The Hall–Kier alpha value is -2.45. The van der Waals surface area contributed by atoms with Crippen LogP contribution in [0.1, 0.15) is 68.3 Å². The summed E-state index contributed by atoms with van der Waals surface area (Å²) in [7, 11) is 1.82. The van der Waals surface area contributed by atoms with Crippen LogP contribution < -0.4 is 4.74 Å². The van der Waals surface area contributed by atoms with Gasteiger partial charge in [0.25, 0.3) is 5.91 Å². The molecule has 8 nitrogen and oxygen atoms in total. The Morgan fingerprint density at radius 2 is 2.09 bits per heavy atom. The second-order valence-electron chi connectivity index (χ2n) is 10.3. The van der Waals surface area contributed by atoms with Crippen molar-refractivity contribution in [1.82, 2.24) is 14.8 Å². The molecule has 0 aromatic carbocycles. The van der Waals surface area contributed by atoms with E-state index in [1.54, 1.807) is 16.0 Å². The van der Waals surface area contributed by atoms with Crippen LogP contribution in [-0.2, 0) is 9.53 Å². The number of pyridine rings is 1. The lowest BCUT2D eigenvalue weighted by Crippen LogP contribution is -2.51. The van der Waals surface area contributed by atoms with Gasteiger partial charge in [-0.3, -0.25) is 9.59 Å². The molecule has 1 saturated heterocycles. The summed E-state index contributed by atoms with van der Waals surface area (Å²) >= 11 is 0. The molecular weight excluding hydrogens is 446 g/mol. The van der Waals surface area contributed by atoms with Gasteiger partial charge in [-0.25, -0.2) is 4.98 Å². The zero-order valence-electron chi connectivity index (χ0n) is 21.2. The van der Waals surface area contributed by atoms with Crippen molar-refractivity contribution in [1.29, 1.82) is 0 Å². The van der Waals surface area contributed by atoms with Gasteiger partial charge < -0.3 is 24.4 Å². The van der Waals surface area contributed by atoms with Crippen LogP contribution in [0.3, 0.4) is 0 Å². The van der Waals surface area contributed by atoms with Gasteiger partial charge in [-0.05, 0) is 62.7 Å². The number of carbonyl (C=O) groups excluding carboxylic acids is 2. The van der Waals surface area contributed by atoms with Gasteiger partial charge in [-0.15, -0.1) is 0 Å². The number of aliphatic hydroxyl groups excluding tert-OH is 1. The molecule has 35 heavy (non-hydrogen) atoms. The van der Waals surface area contributed by atoms with Gasteiger partial charge in [0.05, 0.1) is 19.2 Å². The molecular formula is C27H39N3O5. The summed E-state index contributed by atoms with van der Waals surface area (Å²) in [5.41, 5.74) is 2.59. The van der Waals surface area contributed by atoms with Gasteiger partial charge in [0, 0.05) is 44.8 Å². The van der Waals surface area contributed by atoms with Gasteiger partial charge in [0.2, 0.25) is 11.8 Å². The van der Waals surface area contributed by atoms with E-state index in [-0.39, 0.29) is 42.4 Å². The molecule has 1 N–H and O–H groups in total. The van der Waals surface area contributed by atoms with Crippen LogP contribution in [0.15, 0.2) is 18.3 Å². The van der Waals surface area contributed by atoms with Crippen LogP contribution in [-0.4, -0.2) is 83.8 Å². The summed E-state index contributed by atoms with van der Waals surface area (Å²) in [5, 5.41) is 9.88. The fourth-order valence-corrected chi connectivity index (χ4v) is 5.21. The minimum absolute atomic E-state index is 0.0261. The lowest BCUT2D eigenvalue weighted by Gasteiger charge is -2.38. The lowest BCUT2D eigenvalue weighted by atomic mass is 9.93. The second-order valence-corrected chi connectivity index (χ2v) is 10.3. The minimum atomic E-state index is -0.337. The fraction of sp³-hybridized carbons (Fsp3) is 0.667. The first-order valence-corrected chi connectivity index (χ1v) is 13.0. The molecule has 0 saturated carbocycles. The van der Waals surface area contributed by atoms with Crippen LogP contribution in [0, 0.1) is 11.8 Å². The third-order valence-electron chi connectivity index (χ3n) is 7.58. The Labute approximate surface area is 208 Å². The summed E-state index contributed by atoms with van der Waals surface area (Å²) < 4.78 is 11.8. The van der Waals surface area contributed by atoms with Crippen LogP contribution >= 0.6 is 0 Å². The standard InChI is InChI=1S/C27H39N3O5/c1-18-15-30(19(2)17-31)27(33)23-13-22(20-7-5-4-6-8-20)14-28-25(23)35-24(18)16-29(3)26(32)21-9-11-34-12-10-21/h7,13-14,18-19,21,24,31H,4-6,8-12,15-17H2,1-3H3/t18-,19+,24-/m1/s1. The number of rotatable bonds is 6. The fourth-order valence-electron chi connectivity index (χ4n) is 5.21. The molecule has 1 aromatic heterocycles. The lowest BCUT2D eigenvalue weighted by molar-refractivity contribution is -0.138. The van der Waals surface area contributed by atoms with Crippen molar-refractivity contribution in [2.75, 3.05) is 40.0 Å². The molecule has 192 valence electrons. The van der Waals surface area contributed by atoms with Gasteiger partial charge >= 0.3 is 0 Å². The van der Waals surface area contributed by atoms with Crippen LogP contribution in [0.2, 0.25) is 0 Å². The number of aromatic nitrogens is 1. The highest BCUT2D eigenvalue weighted by molar-refractivity contribution is 5.97. The highest BCUT2D eigenvalue weighted by Crippen LogP contribution is 2.32. The molecule has 0 bridgehead atoms. The molecule has 1 aliphatic carbocycles. The highest BCUT2D eigenvalue weighted by Gasteiger charge is 2.35. The zero-order chi connectivity index (χ0) is 24.9. The SMILES string of the molecule is C[C@@H]1CN([C@@H](C)CO)C(=O)c2cc(C3=CCCCC3)cnc2O[C@@H]1CN(C)C(=O)C1CCOCC1. The van der Waals surface area contributed by atoms with Crippen molar-refractivity contribution in [2.24, 2.45) is 11.8 Å². The monoisotopic (exact) mass is 485 g/mol. The van der Waals surface area contributed by atoms with Crippen molar-refractivity contribution < 1.29 is 24.2 Å². The number of nitrogens with zero attached hydrogens (tertiary/aromatic N) is 3. The normalized spacial score (nSPS) is 24.5. The first-order valence-electron chi connectivity index (χ1n) is 13.0. The number of hydrogen-bond donors (Lipinski definition) is 1. The van der Waals surface area contributed by atoms with E-state index in [0.717, 1.165) is 37.7 Å². The number of ether oxygens (including phenoxy) is 2. The summed E-state index contributed by atoms with van der Waals surface area (Å²) in [5.74, 6) is 0.143. The number of aliphatic hydroxyl groups is 1. The Bertz CT molecular complexity index is 943.